The van der Waals surface area contributed by atoms with Crippen molar-refractivity contribution >= 4 is 0 Å². The first-order valence-electron chi connectivity index (χ1n) is 6.82. The summed E-state index contributed by atoms with van der Waals surface area (Å²) in [6.45, 7) is 3.19. The molecule has 1 saturated heterocycles. The van der Waals surface area contributed by atoms with Gasteiger partial charge in [-0.2, -0.15) is 0 Å². The maximum Gasteiger partial charge on any atom is 0.0771 e. The van der Waals surface area contributed by atoms with E-state index in [4.69, 9.17) is 0 Å². The highest BCUT2D eigenvalue weighted by atomic mass is 16.3. The van der Waals surface area contributed by atoms with Gasteiger partial charge in [0.2, 0.25) is 0 Å². The van der Waals surface area contributed by atoms with Gasteiger partial charge in [-0.25, -0.2) is 0 Å². The van der Waals surface area contributed by atoms with Crippen LogP contribution in [0.5, 0.6) is 0 Å². The lowest BCUT2D eigenvalue weighted by atomic mass is 9.84. The van der Waals surface area contributed by atoms with Gasteiger partial charge in [0.1, 0.15) is 0 Å². The molecule has 1 aliphatic heterocycles. The number of nitrogens with one attached hydrogen (secondary N) is 1. The van der Waals surface area contributed by atoms with Gasteiger partial charge in [-0.15, -0.1) is 0 Å². The molecule has 2 fully saturated rings. The molecule has 16 heavy (non-hydrogen) atoms. The Morgan fingerprint density at radius 2 is 1.81 bits per heavy atom. The summed E-state index contributed by atoms with van der Waals surface area (Å²) in [6, 6.07) is 0.627. The molecule has 2 rings (SSSR count). The third-order valence-electron chi connectivity index (χ3n) is 4.22. The normalized spacial score (nSPS) is 28.1. The highest BCUT2D eigenvalue weighted by Crippen LogP contribution is 2.27. The molecule has 2 N–H and O–H groups in total. The number of likely N-dealkylation sites (tertiary alicyclic amines) is 1. The Bertz CT molecular complexity index is 206. The standard InChI is InChI=1S/C13H26N2O/c1-15-9-5-12(6-10-15)14-11-13(16)7-3-2-4-8-13/h12,14,16H,2-11H2,1H3. The summed E-state index contributed by atoms with van der Waals surface area (Å²) in [7, 11) is 2.19. The molecule has 94 valence electrons. The first-order valence-corrected chi connectivity index (χ1v) is 6.82. The Morgan fingerprint density at radius 3 is 2.44 bits per heavy atom. The van der Waals surface area contributed by atoms with Crippen LogP contribution in [0.15, 0.2) is 0 Å². The van der Waals surface area contributed by atoms with Gasteiger partial charge in [-0.05, 0) is 45.8 Å². The molecule has 1 heterocycles. The van der Waals surface area contributed by atoms with Crippen molar-refractivity contribution in [1.29, 1.82) is 0 Å². The fourth-order valence-electron chi connectivity index (χ4n) is 2.93. The zero-order chi connectivity index (χ0) is 11.4. The fourth-order valence-corrected chi connectivity index (χ4v) is 2.93. The molecule has 0 unspecified atom stereocenters. The fraction of sp³-hybridized carbons (Fsp3) is 1.00. The van der Waals surface area contributed by atoms with Gasteiger partial charge < -0.3 is 15.3 Å². The Labute approximate surface area is 99.2 Å². The summed E-state index contributed by atoms with van der Waals surface area (Å²) >= 11 is 0. The number of rotatable bonds is 3. The van der Waals surface area contributed by atoms with Crippen molar-refractivity contribution in [3.63, 3.8) is 0 Å². The van der Waals surface area contributed by atoms with Crippen molar-refractivity contribution in [3.05, 3.63) is 0 Å². The molecular weight excluding hydrogens is 200 g/mol. The summed E-state index contributed by atoms with van der Waals surface area (Å²) < 4.78 is 0. The van der Waals surface area contributed by atoms with Crippen molar-refractivity contribution in [2.45, 2.75) is 56.6 Å². The van der Waals surface area contributed by atoms with E-state index in [9.17, 15) is 5.11 Å². The summed E-state index contributed by atoms with van der Waals surface area (Å²) in [6.07, 6.45) is 8.14. The van der Waals surface area contributed by atoms with E-state index >= 15 is 0 Å². The molecule has 0 aromatic rings. The highest BCUT2D eigenvalue weighted by molar-refractivity contribution is 4.86. The number of aliphatic hydroxyl groups is 1. The second-order valence-corrected chi connectivity index (χ2v) is 5.74. The van der Waals surface area contributed by atoms with Gasteiger partial charge >= 0.3 is 0 Å². The zero-order valence-electron chi connectivity index (χ0n) is 10.5. The SMILES string of the molecule is CN1CCC(NCC2(O)CCCCC2)CC1. The summed E-state index contributed by atoms with van der Waals surface area (Å²) in [4.78, 5) is 2.38. The topological polar surface area (TPSA) is 35.5 Å². The summed E-state index contributed by atoms with van der Waals surface area (Å²) in [5, 5.41) is 14.0. The van der Waals surface area contributed by atoms with E-state index in [0.29, 0.717) is 6.04 Å². The van der Waals surface area contributed by atoms with Crippen molar-refractivity contribution in [2.24, 2.45) is 0 Å². The molecule has 0 radical (unpaired) electrons. The molecule has 3 heteroatoms. The number of hydrogen-bond donors (Lipinski definition) is 2. The predicted molar refractivity (Wildman–Crippen MR) is 66.6 cm³/mol. The molecule has 0 amide bonds. The van der Waals surface area contributed by atoms with E-state index in [1.807, 2.05) is 0 Å². The van der Waals surface area contributed by atoms with Crippen LogP contribution < -0.4 is 5.32 Å². The first-order chi connectivity index (χ1) is 7.68. The van der Waals surface area contributed by atoms with Gasteiger partial charge in [0.05, 0.1) is 5.60 Å². The molecule has 3 nitrogen and oxygen atoms in total. The largest absolute Gasteiger partial charge is 0.389 e. The van der Waals surface area contributed by atoms with Crippen LogP contribution in [0.25, 0.3) is 0 Å². The average molecular weight is 226 g/mol. The average Bonchev–Trinajstić information content (AvgIpc) is 2.29. The quantitative estimate of drug-likeness (QED) is 0.763. The van der Waals surface area contributed by atoms with Gasteiger partial charge in [0.25, 0.3) is 0 Å². The minimum atomic E-state index is -0.401. The third-order valence-corrected chi connectivity index (χ3v) is 4.22. The Kier molecular flexibility index (Phi) is 4.22. The lowest BCUT2D eigenvalue weighted by Gasteiger charge is -2.36. The zero-order valence-corrected chi connectivity index (χ0v) is 10.5. The van der Waals surface area contributed by atoms with E-state index in [-0.39, 0.29) is 0 Å². The Morgan fingerprint density at radius 1 is 1.19 bits per heavy atom. The van der Waals surface area contributed by atoms with Crippen LogP contribution >= 0.6 is 0 Å². The summed E-state index contributed by atoms with van der Waals surface area (Å²) in [5.41, 5.74) is -0.401. The first kappa shape index (κ1) is 12.3. The summed E-state index contributed by atoms with van der Waals surface area (Å²) in [5.74, 6) is 0. The highest BCUT2D eigenvalue weighted by Gasteiger charge is 2.29. The van der Waals surface area contributed by atoms with Crippen molar-refractivity contribution < 1.29 is 5.11 Å². The van der Waals surface area contributed by atoms with E-state index in [1.165, 1.54) is 45.2 Å². The smallest absolute Gasteiger partial charge is 0.0771 e. The van der Waals surface area contributed by atoms with Gasteiger partial charge in [-0.3, -0.25) is 0 Å². The van der Waals surface area contributed by atoms with Crippen LogP contribution in [0, 0.1) is 0 Å². The molecule has 0 bridgehead atoms. The predicted octanol–water partition coefficient (Wildman–Crippen LogP) is 1.37. The molecule has 0 atom stereocenters. The molecule has 0 aromatic carbocycles. The second-order valence-electron chi connectivity index (χ2n) is 5.74. The molecule has 1 aliphatic carbocycles. The maximum atomic E-state index is 10.4. The minimum Gasteiger partial charge on any atom is -0.389 e. The van der Waals surface area contributed by atoms with Crippen LogP contribution in [0.4, 0.5) is 0 Å². The molecule has 0 spiro atoms. The van der Waals surface area contributed by atoms with E-state index in [2.05, 4.69) is 17.3 Å². The molecule has 2 aliphatic rings. The lowest BCUT2D eigenvalue weighted by Crippen LogP contribution is -2.48. The monoisotopic (exact) mass is 226 g/mol. The van der Waals surface area contributed by atoms with Crippen molar-refractivity contribution in [3.8, 4) is 0 Å². The van der Waals surface area contributed by atoms with E-state index in [0.717, 1.165) is 19.4 Å². The van der Waals surface area contributed by atoms with Gasteiger partial charge in [-0.1, -0.05) is 19.3 Å². The number of hydrogen-bond acceptors (Lipinski definition) is 3. The maximum absolute atomic E-state index is 10.4. The van der Waals surface area contributed by atoms with Crippen molar-refractivity contribution in [1.82, 2.24) is 10.2 Å². The number of piperidine rings is 1. The third kappa shape index (κ3) is 3.44. The second kappa shape index (κ2) is 5.48. The van der Waals surface area contributed by atoms with Crippen LogP contribution in [0.3, 0.4) is 0 Å². The van der Waals surface area contributed by atoms with E-state index < -0.39 is 5.60 Å². The Hall–Kier alpha value is -0.120. The van der Waals surface area contributed by atoms with Crippen molar-refractivity contribution in [2.75, 3.05) is 26.7 Å². The Balaban J connectivity index is 1.70. The molecule has 1 saturated carbocycles. The minimum absolute atomic E-state index is 0.401. The number of nitrogens with zero attached hydrogens (tertiary/aromatic N) is 1. The van der Waals surface area contributed by atoms with Gasteiger partial charge in [0, 0.05) is 12.6 Å². The van der Waals surface area contributed by atoms with Crippen LogP contribution in [0.1, 0.15) is 44.9 Å². The molecule has 0 aromatic heterocycles. The van der Waals surface area contributed by atoms with E-state index in [1.54, 1.807) is 0 Å². The lowest BCUT2D eigenvalue weighted by molar-refractivity contribution is 0.00102. The molecular formula is C13H26N2O. The van der Waals surface area contributed by atoms with Crippen LogP contribution in [0.2, 0.25) is 0 Å². The van der Waals surface area contributed by atoms with Crippen LogP contribution in [-0.4, -0.2) is 48.3 Å². The van der Waals surface area contributed by atoms with Gasteiger partial charge in [0.15, 0.2) is 0 Å². The van der Waals surface area contributed by atoms with Crippen LogP contribution in [-0.2, 0) is 0 Å².